The van der Waals surface area contributed by atoms with Gasteiger partial charge in [-0.15, -0.1) is 0 Å². The SMILES string of the molecule is CC1CN(C(=O)CCOCC(F)F)CCC1=O. The lowest BCUT2D eigenvalue weighted by atomic mass is 9.98. The minimum atomic E-state index is -2.50. The maximum absolute atomic E-state index is 11.8. The van der Waals surface area contributed by atoms with E-state index in [2.05, 4.69) is 4.74 Å². The summed E-state index contributed by atoms with van der Waals surface area (Å²) >= 11 is 0. The van der Waals surface area contributed by atoms with Crippen molar-refractivity contribution in [2.24, 2.45) is 5.92 Å². The molecule has 0 spiro atoms. The summed E-state index contributed by atoms with van der Waals surface area (Å²) in [4.78, 5) is 24.5. The number of likely N-dealkylation sites (tertiary alicyclic amines) is 1. The van der Waals surface area contributed by atoms with Crippen LogP contribution < -0.4 is 0 Å². The van der Waals surface area contributed by atoms with Gasteiger partial charge in [0.25, 0.3) is 6.43 Å². The molecule has 1 aliphatic rings. The third-order valence-corrected chi connectivity index (χ3v) is 2.73. The number of rotatable bonds is 5. The van der Waals surface area contributed by atoms with Gasteiger partial charge in [0, 0.05) is 25.4 Å². The van der Waals surface area contributed by atoms with Crippen LogP contribution in [0.5, 0.6) is 0 Å². The first-order valence-electron chi connectivity index (χ1n) is 5.67. The van der Waals surface area contributed by atoms with Crippen LogP contribution >= 0.6 is 0 Å². The smallest absolute Gasteiger partial charge is 0.261 e. The fourth-order valence-electron chi connectivity index (χ4n) is 1.73. The van der Waals surface area contributed by atoms with E-state index in [0.717, 1.165) is 0 Å². The molecule has 0 aromatic carbocycles. The first-order chi connectivity index (χ1) is 8.00. The zero-order valence-electron chi connectivity index (χ0n) is 9.83. The van der Waals surface area contributed by atoms with Crippen LogP contribution in [-0.2, 0) is 14.3 Å². The predicted molar refractivity (Wildman–Crippen MR) is 56.8 cm³/mol. The van der Waals surface area contributed by atoms with E-state index >= 15 is 0 Å². The molecule has 4 nitrogen and oxygen atoms in total. The van der Waals surface area contributed by atoms with E-state index in [1.165, 1.54) is 0 Å². The van der Waals surface area contributed by atoms with E-state index in [1.807, 2.05) is 0 Å². The Bertz CT molecular complexity index is 284. The zero-order valence-corrected chi connectivity index (χ0v) is 9.83. The molecule has 0 saturated carbocycles. The number of amides is 1. The van der Waals surface area contributed by atoms with Gasteiger partial charge < -0.3 is 9.64 Å². The Kier molecular flexibility index (Phi) is 5.47. The second kappa shape index (κ2) is 6.64. The maximum Gasteiger partial charge on any atom is 0.261 e. The van der Waals surface area contributed by atoms with Crippen LogP contribution in [-0.4, -0.2) is 49.3 Å². The van der Waals surface area contributed by atoms with E-state index in [9.17, 15) is 18.4 Å². The number of ether oxygens (including phenoxy) is 1. The van der Waals surface area contributed by atoms with Crippen LogP contribution in [0.15, 0.2) is 0 Å². The highest BCUT2D eigenvalue weighted by Crippen LogP contribution is 2.13. The highest BCUT2D eigenvalue weighted by Gasteiger charge is 2.26. The Balaban J connectivity index is 2.22. The molecule has 1 heterocycles. The highest BCUT2D eigenvalue weighted by molar-refractivity contribution is 5.85. The predicted octanol–water partition coefficient (Wildman–Crippen LogP) is 1.10. The molecule has 0 N–H and O–H groups in total. The van der Waals surface area contributed by atoms with Crippen LogP contribution in [0, 0.1) is 5.92 Å². The summed E-state index contributed by atoms with van der Waals surface area (Å²) in [7, 11) is 0. The molecule has 0 bridgehead atoms. The summed E-state index contributed by atoms with van der Waals surface area (Å²) in [6, 6.07) is 0. The van der Waals surface area contributed by atoms with Crippen LogP contribution in [0.1, 0.15) is 19.8 Å². The van der Waals surface area contributed by atoms with Gasteiger partial charge in [-0.1, -0.05) is 6.92 Å². The van der Waals surface area contributed by atoms with Crippen molar-refractivity contribution in [3.05, 3.63) is 0 Å². The number of nitrogens with zero attached hydrogens (tertiary/aromatic N) is 1. The van der Waals surface area contributed by atoms with Crippen LogP contribution in [0.3, 0.4) is 0 Å². The lowest BCUT2D eigenvalue weighted by molar-refractivity contribution is -0.138. The van der Waals surface area contributed by atoms with Crippen molar-refractivity contribution in [1.29, 1.82) is 0 Å². The molecule has 0 aromatic heterocycles. The summed E-state index contributed by atoms with van der Waals surface area (Å²) in [5.74, 6) is -0.101. The standard InChI is InChI=1S/C11H17F2NO3/c1-8-6-14(4-2-9(8)15)11(16)3-5-17-7-10(12)13/h8,10H,2-7H2,1H3. The molecule has 1 fully saturated rings. The van der Waals surface area contributed by atoms with Crippen LogP contribution in [0.25, 0.3) is 0 Å². The largest absolute Gasteiger partial charge is 0.375 e. The number of Topliss-reactive ketones (excluding diaryl/α,β-unsaturated/α-hetero) is 1. The zero-order chi connectivity index (χ0) is 12.8. The third-order valence-electron chi connectivity index (χ3n) is 2.73. The van der Waals surface area contributed by atoms with Gasteiger partial charge in [-0.2, -0.15) is 0 Å². The topological polar surface area (TPSA) is 46.6 Å². The molecule has 1 aliphatic heterocycles. The Labute approximate surface area is 98.9 Å². The Morgan fingerprint density at radius 2 is 2.29 bits per heavy atom. The summed E-state index contributed by atoms with van der Waals surface area (Å²) < 4.78 is 28.1. The number of halogens is 2. The first-order valence-corrected chi connectivity index (χ1v) is 5.67. The third kappa shape index (κ3) is 4.77. The minimum Gasteiger partial charge on any atom is -0.375 e. The monoisotopic (exact) mass is 249 g/mol. The molecule has 6 heteroatoms. The first kappa shape index (κ1) is 14.0. The lowest BCUT2D eigenvalue weighted by Gasteiger charge is -2.30. The molecule has 17 heavy (non-hydrogen) atoms. The van der Waals surface area contributed by atoms with Crippen molar-refractivity contribution < 1.29 is 23.1 Å². The van der Waals surface area contributed by atoms with Gasteiger partial charge in [0.05, 0.1) is 13.0 Å². The van der Waals surface area contributed by atoms with E-state index in [1.54, 1.807) is 11.8 Å². The van der Waals surface area contributed by atoms with Gasteiger partial charge in [0.15, 0.2) is 0 Å². The molecule has 1 saturated heterocycles. The van der Waals surface area contributed by atoms with Crippen molar-refractivity contribution in [3.63, 3.8) is 0 Å². The molecule has 0 aromatic rings. The number of carbonyl (C=O) groups excluding carboxylic acids is 2. The lowest BCUT2D eigenvalue weighted by Crippen LogP contribution is -2.43. The number of hydrogen-bond donors (Lipinski definition) is 0. The van der Waals surface area contributed by atoms with E-state index < -0.39 is 13.0 Å². The maximum atomic E-state index is 11.8. The molecular formula is C11H17F2NO3. The van der Waals surface area contributed by atoms with Gasteiger partial charge >= 0.3 is 0 Å². The highest BCUT2D eigenvalue weighted by atomic mass is 19.3. The molecule has 98 valence electrons. The second-order valence-corrected chi connectivity index (χ2v) is 4.17. The summed E-state index contributed by atoms with van der Waals surface area (Å²) in [5.41, 5.74) is 0. The Hall–Kier alpha value is -1.04. The van der Waals surface area contributed by atoms with Gasteiger partial charge in [0.1, 0.15) is 12.4 Å². The Morgan fingerprint density at radius 3 is 2.88 bits per heavy atom. The van der Waals surface area contributed by atoms with Crippen molar-refractivity contribution in [2.75, 3.05) is 26.3 Å². The Morgan fingerprint density at radius 1 is 1.59 bits per heavy atom. The fraction of sp³-hybridized carbons (Fsp3) is 0.818. The average molecular weight is 249 g/mol. The molecular weight excluding hydrogens is 232 g/mol. The molecule has 1 unspecified atom stereocenters. The van der Waals surface area contributed by atoms with Crippen molar-refractivity contribution in [2.45, 2.75) is 26.2 Å². The van der Waals surface area contributed by atoms with Gasteiger partial charge in [-0.05, 0) is 0 Å². The van der Waals surface area contributed by atoms with E-state index in [-0.39, 0.29) is 30.6 Å². The fourth-order valence-corrected chi connectivity index (χ4v) is 1.73. The second-order valence-electron chi connectivity index (χ2n) is 4.17. The number of ketones is 1. The van der Waals surface area contributed by atoms with Gasteiger partial charge in [-0.3, -0.25) is 9.59 Å². The van der Waals surface area contributed by atoms with Gasteiger partial charge in [0.2, 0.25) is 5.91 Å². The summed E-state index contributed by atoms with van der Waals surface area (Å²) in [6.45, 7) is 2.00. The molecule has 1 rings (SSSR count). The molecule has 1 amide bonds. The minimum absolute atomic E-state index is 0.00198. The summed E-state index contributed by atoms with van der Waals surface area (Å²) in [5, 5.41) is 0. The van der Waals surface area contributed by atoms with Crippen LogP contribution in [0.4, 0.5) is 8.78 Å². The summed E-state index contributed by atoms with van der Waals surface area (Å²) in [6.07, 6.45) is -2.03. The number of alkyl halides is 2. The normalized spacial score (nSPS) is 21.1. The number of carbonyl (C=O) groups is 2. The van der Waals surface area contributed by atoms with Gasteiger partial charge in [-0.25, -0.2) is 8.78 Å². The molecule has 1 atom stereocenters. The van der Waals surface area contributed by atoms with Crippen molar-refractivity contribution in [1.82, 2.24) is 4.90 Å². The quantitative estimate of drug-likeness (QED) is 0.685. The van der Waals surface area contributed by atoms with Crippen LogP contribution in [0.2, 0.25) is 0 Å². The van der Waals surface area contributed by atoms with Crippen molar-refractivity contribution in [3.8, 4) is 0 Å². The number of hydrogen-bond acceptors (Lipinski definition) is 3. The van der Waals surface area contributed by atoms with E-state index in [4.69, 9.17) is 0 Å². The molecule has 0 radical (unpaired) electrons. The van der Waals surface area contributed by atoms with E-state index in [0.29, 0.717) is 19.5 Å². The molecule has 0 aliphatic carbocycles. The van der Waals surface area contributed by atoms with Crippen molar-refractivity contribution >= 4 is 11.7 Å². The average Bonchev–Trinajstić information content (AvgIpc) is 2.27. The number of piperidine rings is 1.